The second kappa shape index (κ2) is 6.61. The van der Waals surface area contributed by atoms with Gasteiger partial charge in [-0.25, -0.2) is 4.79 Å². The molecule has 1 aromatic carbocycles. The molecule has 0 saturated carbocycles. The van der Waals surface area contributed by atoms with E-state index in [1.165, 1.54) is 14.2 Å². The van der Waals surface area contributed by atoms with Gasteiger partial charge in [0, 0.05) is 10.0 Å². The minimum atomic E-state index is -1.41. The van der Waals surface area contributed by atoms with Crippen LogP contribution in [-0.4, -0.2) is 31.9 Å². The van der Waals surface area contributed by atoms with Crippen LogP contribution in [0.15, 0.2) is 16.6 Å². The summed E-state index contributed by atoms with van der Waals surface area (Å²) < 4.78 is 15.7. The van der Waals surface area contributed by atoms with E-state index < -0.39 is 12.1 Å². The molecule has 1 N–H and O–H groups in total. The Balaban J connectivity index is 3.21. The maximum Gasteiger partial charge on any atom is 0.339 e. The number of aliphatic hydroxyl groups is 1. The first-order valence-electron chi connectivity index (χ1n) is 5.31. The average molecular weight is 319 g/mol. The number of halogens is 1. The number of hydrogen-bond donors (Lipinski definition) is 1. The molecule has 0 aliphatic carbocycles. The Bertz CT molecular complexity index is 433. The first kappa shape index (κ1) is 14.8. The Morgan fingerprint density at radius 1 is 1.39 bits per heavy atom. The van der Waals surface area contributed by atoms with Crippen molar-refractivity contribution in [3.8, 4) is 11.5 Å². The molecular formula is C12H15BrO5. The molecule has 0 aliphatic rings. The molecule has 5 nitrogen and oxygen atoms in total. The topological polar surface area (TPSA) is 65.0 Å². The van der Waals surface area contributed by atoms with Crippen LogP contribution in [0.2, 0.25) is 0 Å². The zero-order valence-electron chi connectivity index (χ0n) is 10.4. The van der Waals surface area contributed by atoms with Gasteiger partial charge in [-0.05, 0) is 19.1 Å². The summed E-state index contributed by atoms with van der Waals surface area (Å²) in [5, 5.41) is 9.95. The number of rotatable bonds is 5. The van der Waals surface area contributed by atoms with Crippen molar-refractivity contribution in [1.82, 2.24) is 0 Å². The van der Waals surface area contributed by atoms with E-state index in [1.54, 1.807) is 19.1 Å². The highest BCUT2D eigenvalue weighted by Crippen LogP contribution is 2.38. The Hall–Kier alpha value is -1.27. The van der Waals surface area contributed by atoms with E-state index in [9.17, 15) is 9.90 Å². The van der Waals surface area contributed by atoms with Gasteiger partial charge in [-0.2, -0.15) is 0 Å². The molecule has 0 fully saturated rings. The molecule has 0 saturated heterocycles. The smallest absolute Gasteiger partial charge is 0.339 e. The first-order chi connectivity index (χ1) is 8.54. The summed E-state index contributed by atoms with van der Waals surface area (Å²) in [6.45, 7) is 1.87. The fourth-order valence-corrected chi connectivity index (χ4v) is 1.96. The number of esters is 1. The SMILES string of the molecule is CCOC(=O)C(O)c1cc(Br)cc(OC)c1OC. The van der Waals surface area contributed by atoms with E-state index in [1.807, 2.05) is 0 Å². The molecule has 1 unspecified atom stereocenters. The minimum absolute atomic E-state index is 0.198. The van der Waals surface area contributed by atoms with Crippen LogP contribution in [0.25, 0.3) is 0 Å². The summed E-state index contributed by atoms with van der Waals surface area (Å²) >= 11 is 3.27. The van der Waals surface area contributed by atoms with Crippen LogP contribution in [0.3, 0.4) is 0 Å². The third-order valence-corrected chi connectivity index (χ3v) is 2.73. The summed E-state index contributed by atoms with van der Waals surface area (Å²) in [5.41, 5.74) is 0.294. The fraction of sp³-hybridized carbons (Fsp3) is 0.417. The summed E-state index contributed by atoms with van der Waals surface area (Å²) in [6, 6.07) is 3.27. The van der Waals surface area contributed by atoms with Crippen molar-refractivity contribution in [2.45, 2.75) is 13.0 Å². The molecule has 0 bridgehead atoms. The average Bonchev–Trinajstić information content (AvgIpc) is 2.36. The molecule has 0 amide bonds. The molecule has 18 heavy (non-hydrogen) atoms. The molecule has 0 radical (unpaired) electrons. The van der Waals surface area contributed by atoms with E-state index >= 15 is 0 Å². The van der Waals surface area contributed by atoms with Crippen LogP contribution < -0.4 is 9.47 Å². The zero-order chi connectivity index (χ0) is 13.7. The normalized spacial score (nSPS) is 11.8. The van der Waals surface area contributed by atoms with Crippen molar-refractivity contribution >= 4 is 21.9 Å². The maximum atomic E-state index is 11.5. The van der Waals surface area contributed by atoms with E-state index in [0.29, 0.717) is 21.5 Å². The lowest BCUT2D eigenvalue weighted by Crippen LogP contribution is -2.16. The number of carbonyl (C=O) groups excluding carboxylic acids is 1. The van der Waals surface area contributed by atoms with Gasteiger partial charge < -0.3 is 19.3 Å². The van der Waals surface area contributed by atoms with Crippen molar-refractivity contribution in [3.05, 3.63) is 22.2 Å². The van der Waals surface area contributed by atoms with Crippen LogP contribution in [0, 0.1) is 0 Å². The van der Waals surface area contributed by atoms with Gasteiger partial charge in [-0.3, -0.25) is 0 Å². The van der Waals surface area contributed by atoms with Gasteiger partial charge in [0.25, 0.3) is 0 Å². The monoisotopic (exact) mass is 318 g/mol. The standard InChI is InChI=1S/C12H15BrO5/c1-4-18-12(15)10(14)8-5-7(13)6-9(16-2)11(8)17-3/h5-6,10,14H,4H2,1-3H3. The molecule has 6 heteroatoms. The summed E-state index contributed by atoms with van der Waals surface area (Å²) in [5.74, 6) is 0.00225. The van der Waals surface area contributed by atoms with Crippen LogP contribution in [0.5, 0.6) is 11.5 Å². The van der Waals surface area contributed by atoms with Crippen LogP contribution in [0.1, 0.15) is 18.6 Å². The number of carbonyl (C=O) groups is 1. The lowest BCUT2D eigenvalue weighted by Gasteiger charge is -2.16. The van der Waals surface area contributed by atoms with E-state index in [0.717, 1.165) is 0 Å². The molecule has 100 valence electrons. The zero-order valence-corrected chi connectivity index (χ0v) is 12.0. The molecule has 0 aliphatic heterocycles. The third-order valence-electron chi connectivity index (χ3n) is 2.28. The second-order valence-corrected chi connectivity index (χ2v) is 4.30. The van der Waals surface area contributed by atoms with Crippen molar-refractivity contribution in [2.75, 3.05) is 20.8 Å². The predicted molar refractivity (Wildman–Crippen MR) is 68.8 cm³/mol. The van der Waals surface area contributed by atoms with Gasteiger partial charge in [-0.1, -0.05) is 15.9 Å². The third kappa shape index (κ3) is 3.14. The largest absolute Gasteiger partial charge is 0.493 e. The lowest BCUT2D eigenvalue weighted by molar-refractivity contribution is -0.153. The molecule has 1 aromatic rings. The Kier molecular flexibility index (Phi) is 5.43. The second-order valence-electron chi connectivity index (χ2n) is 3.39. The number of hydrogen-bond acceptors (Lipinski definition) is 5. The molecule has 1 atom stereocenters. The van der Waals surface area contributed by atoms with Crippen molar-refractivity contribution in [2.24, 2.45) is 0 Å². The number of benzene rings is 1. The fourth-order valence-electron chi connectivity index (χ4n) is 1.51. The van der Waals surface area contributed by atoms with Crippen LogP contribution in [0.4, 0.5) is 0 Å². The van der Waals surface area contributed by atoms with Crippen LogP contribution >= 0.6 is 15.9 Å². The first-order valence-corrected chi connectivity index (χ1v) is 6.10. The van der Waals surface area contributed by atoms with Crippen molar-refractivity contribution < 1.29 is 24.1 Å². The molecular weight excluding hydrogens is 304 g/mol. The molecule has 0 heterocycles. The van der Waals surface area contributed by atoms with Crippen molar-refractivity contribution in [1.29, 1.82) is 0 Å². The summed E-state index contributed by atoms with van der Waals surface area (Å²) in [7, 11) is 2.91. The van der Waals surface area contributed by atoms with Gasteiger partial charge in [0.1, 0.15) is 0 Å². The Morgan fingerprint density at radius 3 is 2.56 bits per heavy atom. The molecule has 0 aromatic heterocycles. The highest BCUT2D eigenvalue weighted by atomic mass is 79.9. The van der Waals surface area contributed by atoms with E-state index in [4.69, 9.17) is 14.2 Å². The number of aliphatic hydroxyl groups excluding tert-OH is 1. The summed E-state index contributed by atoms with van der Waals surface area (Å²) in [6.07, 6.45) is -1.41. The minimum Gasteiger partial charge on any atom is -0.493 e. The summed E-state index contributed by atoms with van der Waals surface area (Å²) in [4.78, 5) is 11.5. The lowest BCUT2D eigenvalue weighted by atomic mass is 10.1. The van der Waals surface area contributed by atoms with Gasteiger partial charge in [0.05, 0.1) is 20.8 Å². The van der Waals surface area contributed by atoms with Crippen LogP contribution in [-0.2, 0) is 9.53 Å². The quantitative estimate of drug-likeness (QED) is 0.842. The van der Waals surface area contributed by atoms with Gasteiger partial charge in [-0.15, -0.1) is 0 Å². The Morgan fingerprint density at radius 2 is 2.06 bits per heavy atom. The number of methoxy groups -OCH3 is 2. The molecule has 1 rings (SSSR count). The Labute approximate surface area is 114 Å². The number of ether oxygens (including phenoxy) is 3. The molecule has 0 spiro atoms. The van der Waals surface area contributed by atoms with Gasteiger partial charge in [0.15, 0.2) is 17.6 Å². The van der Waals surface area contributed by atoms with Gasteiger partial charge in [0.2, 0.25) is 0 Å². The maximum absolute atomic E-state index is 11.5. The van der Waals surface area contributed by atoms with E-state index in [2.05, 4.69) is 15.9 Å². The highest BCUT2D eigenvalue weighted by molar-refractivity contribution is 9.10. The van der Waals surface area contributed by atoms with Gasteiger partial charge >= 0.3 is 5.97 Å². The van der Waals surface area contributed by atoms with E-state index in [-0.39, 0.29) is 6.61 Å². The predicted octanol–water partition coefficient (Wildman–Crippen LogP) is 2.06. The highest BCUT2D eigenvalue weighted by Gasteiger charge is 2.25. The van der Waals surface area contributed by atoms with Crippen molar-refractivity contribution in [3.63, 3.8) is 0 Å².